The first-order chi connectivity index (χ1) is 15.3. The van der Waals surface area contributed by atoms with Gasteiger partial charge in [-0.2, -0.15) is 0 Å². The first kappa shape index (κ1) is 24.9. The molecule has 0 amide bonds. The molecule has 0 N–H and O–H groups in total. The molecule has 0 bridgehead atoms. The zero-order chi connectivity index (χ0) is 23.7. The number of carbonyl (C=O) groups is 2. The van der Waals surface area contributed by atoms with Crippen molar-refractivity contribution in [2.45, 2.75) is 53.4 Å². The molecule has 0 heterocycles. The summed E-state index contributed by atoms with van der Waals surface area (Å²) in [5, 5.41) is 0. The van der Waals surface area contributed by atoms with Gasteiger partial charge < -0.3 is 9.47 Å². The van der Waals surface area contributed by atoms with Gasteiger partial charge in [0.1, 0.15) is 11.5 Å². The van der Waals surface area contributed by atoms with Crippen LogP contribution < -0.4 is 9.47 Å². The number of ether oxygens (including phenoxy) is 2. The van der Waals surface area contributed by atoms with Gasteiger partial charge in [-0.25, -0.2) is 9.59 Å². The Morgan fingerprint density at radius 3 is 1.91 bits per heavy atom. The van der Waals surface area contributed by atoms with Gasteiger partial charge in [0.15, 0.2) is 0 Å². The number of esters is 2. The zero-order valence-electron chi connectivity index (χ0n) is 19.5. The van der Waals surface area contributed by atoms with E-state index in [0.29, 0.717) is 22.6 Å². The van der Waals surface area contributed by atoms with Crippen LogP contribution in [0.5, 0.6) is 11.5 Å². The first-order valence-corrected chi connectivity index (χ1v) is 10.9. The van der Waals surface area contributed by atoms with Gasteiger partial charge >= 0.3 is 11.9 Å². The average molecular weight is 433 g/mol. The van der Waals surface area contributed by atoms with Crippen LogP contribution in [0.2, 0.25) is 0 Å². The van der Waals surface area contributed by atoms with E-state index in [9.17, 15) is 9.59 Å². The van der Waals surface area contributed by atoms with E-state index in [2.05, 4.69) is 33.1 Å². The molecule has 0 saturated carbocycles. The van der Waals surface area contributed by atoms with Gasteiger partial charge in [-0.05, 0) is 67.1 Å². The van der Waals surface area contributed by atoms with Crippen molar-refractivity contribution in [1.82, 2.24) is 0 Å². The largest absolute Gasteiger partial charge is 0.423 e. The van der Waals surface area contributed by atoms with Crippen molar-refractivity contribution in [3.63, 3.8) is 0 Å². The van der Waals surface area contributed by atoms with Crippen LogP contribution in [-0.2, 0) is 22.4 Å². The quantitative estimate of drug-likeness (QED) is 0.181. The lowest BCUT2D eigenvalue weighted by Gasteiger charge is -2.17. The maximum atomic E-state index is 12.1. The molecule has 2 rings (SSSR count). The van der Waals surface area contributed by atoms with Crippen molar-refractivity contribution in [2.24, 2.45) is 0 Å². The summed E-state index contributed by atoms with van der Waals surface area (Å²) in [5.41, 5.74) is 5.10. The van der Waals surface area contributed by atoms with E-state index in [4.69, 9.17) is 9.47 Å². The normalized spacial score (nSPS) is 10.8. The van der Waals surface area contributed by atoms with Crippen molar-refractivity contribution in [3.8, 4) is 11.5 Å². The van der Waals surface area contributed by atoms with E-state index in [1.807, 2.05) is 30.3 Å². The minimum absolute atomic E-state index is 0.359. The highest BCUT2D eigenvalue weighted by atomic mass is 16.5. The summed E-state index contributed by atoms with van der Waals surface area (Å²) in [7, 11) is 0. The molecule has 0 fully saturated rings. The van der Waals surface area contributed by atoms with Crippen LogP contribution in [0.1, 0.15) is 62.8 Å². The second-order valence-electron chi connectivity index (χ2n) is 7.85. The highest BCUT2D eigenvalue weighted by Crippen LogP contribution is 2.30. The Labute approximate surface area is 191 Å². The molecule has 0 saturated heterocycles. The summed E-state index contributed by atoms with van der Waals surface area (Å²) in [5.74, 6) is 0.258. The molecule has 32 heavy (non-hydrogen) atoms. The van der Waals surface area contributed by atoms with Gasteiger partial charge in [-0.3, -0.25) is 0 Å². The molecule has 0 aromatic heterocycles. The van der Waals surface area contributed by atoms with Crippen LogP contribution in [-0.4, -0.2) is 11.9 Å². The van der Waals surface area contributed by atoms with Gasteiger partial charge in [0.05, 0.1) is 0 Å². The summed E-state index contributed by atoms with van der Waals surface area (Å²) in [6.07, 6.45) is 7.75. The summed E-state index contributed by atoms with van der Waals surface area (Å²) in [6, 6.07) is 11.2. The third-order valence-corrected chi connectivity index (χ3v) is 4.87. The predicted molar refractivity (Wildman–Crippen MR) is 131 cm³/mol. The molecule has 0 radical (unpaired) electrons. The molecule has 0 aliphatic rings. The van der Waals surface area contributed by atoms with Crippen LogP contribution in [0, 0.1) is 0 Å². The van der Waals surface area contributed by atoms with Crippen LogP contribution in [0.3, 0.4) is 0 Å². The van der Waals surface area contributed by atoms with Gasteiger partial charge in [0, 0.05) is 11.1 Å². The maximum Gasteiger partial charge on any atom is 0.338 e. The van der Waals surface area contributed by atoms with Gasteiger partial charge in [0.2, 0.25) is 0 Å². The molecule has 0 atom stereocenters. The number of hydrogen-bond donors (Lipinski definition) is 0. The molecule has 4 heteroatoms. The van der Waals surface area contributed by atoms with Crippen LogP contribution in [0.15, 0.2) is 60.7 Å². The van der Waals surface area contributed by atoms with Crippen LogP contribution >= 0.6 is 0 Å². The van der Waals surface area contributed by atoms with Crippen molar-refractivity contribution in [2.75, 3.05) is 0 Å². The number of rotatable bonds is 10. The highest BCUT2D eigenvalue weighted by Gasteiger charge is 2.15. The van der Waals surface area contributed by atoms with E-state index >= 15 is 0 Å². The summed E-state index contributed by atoms with van der Waals surface area (Å²) in [4.78, 5) is 23.7. The summed E-state index contributed by atoms with van der Waals surface area (Å²) < 4.78 is 10.9. The standard InChI is InChI=1S/C28H32O4/c1-7-9-24-22(15-18-26(25(24)10-8-2)32-28(30)20(5)6)14-11-21-12-16-23(17-13-21)31-27(29)19(3)4/h11-18H,3,5,7-10H2,1-2,4,6H3. The molecular weight excluding hydrogens is 400 g/mol. The lowest BCUT2D eigenvalue weighted by Crippen LogP contribution is -2.11. The summed E-state index contributed by atoms with van der Waals surface area (Å²) >= 11 is 0. The van der Waals surface area contributed by atoms with Crippen molar-refractivity contribution >= 4 is 24.1 Å². The van der Waals surface area contributed by atoms with Crippen molar-refractivity contribution in [3.05, 3.63) is 83.0 Å². The molecule has 0 aliphatic heterocycles. The Morgan fingerprint density at radius 1 is 0.781 bits per heavy atom. The van der Waals surface area contributed by atoms with Gasteiger partial charge in [-0.1, -0.05) is 70.2 Å². The van der Waals surface area contributed by atoms with Crippen LogP contribution in [0.25, 0.3) is 12.2 Å². The highest BCUT2D eigenvalue weighted by molar-refractivity contribution is 5.89. The number of hydrogen-bond acceptors (Lipinski definition) is 4. The predicted octanol–water partition coefficient (Wildman–Crippen LogP) is 6.73. The van der Waals surface area contributed by atoms with Crippen LogP contribution in [0.4, 0.5) is 0 Å². The van der Waals surface area contributed by atoms with E-state index in [0.717, 1.165) is 42.4 Å². The second-order valence-corrected chi connectivity index (χ2v) is 7.85. The minimum Gasteiger partial charge on any atom is -0.423 e. The zero-order valence-corrected chi connectivity index (χ0v) is 19.5. The van der Waals surface area contributed by atoms with E-state index in [1.165, 1.54) is 5.56 Å². The Bertz CT molecular complexity index is 1030. The average Bonchev–Trinajstić information content (AvgIpc) is 2.76. The smallest absolute Gasteiger partial charge is 0.338 e. The monoisotopic (exact) mass is 432 g/mol. The molecule has 4 nitrogen and oxygen atoms in total. The Morgan fingerprint density at radius 2 is 1.34 bits per heavy atom. The van der Waals surface area contributed by atoms with Crippen molar-refractivity contribution in [1.29, 1.82) is 0 Å². The molecule has 2 aromatic carbocycles. The molecule has 0 unspecified atom stereocenters. The Hall–Kier alpha value is -3.40. The number of benzene rings is 2. The maximum absolute atomic E-state index is 12.1. The molecule has 168 valence electrons. The summed E-state index contributed by atoms with van der Waals surface area (Å²) in [6.45, 7) is 14.8. The van der Waals surface area contributed by atoms with Gasteiger partial charge in [-0.15, -0.1) is 0 Å². The number of carbonyl (C=O) groups excluding carboxylic acids is 2. The topological polar surface area (TPSA) is 52.6 Å². The lowest BCUT2D eigenvalue weighted by molar-refractivity contribution is -0.131. The molecule has 0 aliphatic carbocycles. The lowest BCUT2D eigenvalue weighted by atomic mass is 9.93. The van der Waals surface area contributed by atoms with E-state index in [1.54, 1.807) is 26.0 Å². The Balaban J connectivity index is 2.33. The molecular formula is C28H32O4. The first-order valence-electron chi connectivity index (χ1n) is 10.9. The Kier molecular flexibility index (Phi) is 9.21. The fraction of sp³-hybridized carbons (Fsp3) is 0.286. The molecule has 0 spiro atoms. The fourth-order valence-corrected chi connectivity index (χ4v) is 3.22. The van der Waals surface area contributed by atoms with E-state index < -0.39 is 11.9 Å². The third kappa shape index (κ3) is 6.81. The second kappa shape index (κ2) is 11.8. The van der Waals surface area contributed by atoms with Crippen molar-refractivity contribution < 1.29 is 19.1 Å². The fourth-order valence-electron chi connectivity index (χ4n) is 3.22. The van der Waals surface area contributed by atoms with E-state index in [-0.39, 0.29) is 0 Å². The SMILES string of the molecule is C=C(C)C(=O)Oc1ccc(C=Cc2ccc(OC(=O)C(=C)C)c(CCC)c2CCC)cc1. The third-order valence-electron chi connectivity index (χ3n) is 4.87. The van der Waals surface area contributed by atoms with Gasteiger partial charge in [0.25, 0.3) is 0 Å². The molecule has 2 aromatic rings. The minimum atomic E-state index is -0.437.